The first-order valence-corrected chi connectivity index (χ1v) is 29.2. The molecule has 0 spiro atoms. The van der Waals surface area contributed by atoms with Gasteiger partial charge in [0.2, 0.25) is 11.8 Å². The number of carbonyl (C=O) groups is 7. The van der Waals surface area contributed by atoms with Crippen LogP contribution < -0.4 is 21.3 Å². The van der Waals surface area contributed by atoms with E-state index in [1.807, 2.05) is 0 Å². The summed E-state index contributed by atoms with van der Waals surface area (Å²) >= 11 is 4.25. The Kier molecular flexibility index (Phi) is 26.4. The van der Waals surface area contributed by atoms with Crippen LogP contribution in [0.4, 0.5) is 49.1 Å². The summed E-state index contributed by atoms with van der Waals surface area (Å²) in [5.41, 5.74) is 3.24. The second-order valence-electron chi connectivity index (χ2n) is 19.2. The van der Waals surface area contributed by atoms with Crippen molar-refractivity contribution in [3.05, 3.63) is 173 Å². The van der Waals surface area contributed by atoms with E-state index in [9.17, 15) is 59.9 Å². The van der Waals surface area contributed by atoms with Crippen molar-refractivity contribution in [2.24, 2.45) is 0 Å². The molecular weight excluding hydrogens is 1400 g/mol. The van der Waals surface area contributed by atoms with Gasteiger partial charge >= 0.3 is 42.1 Å². The van der Waals surface area contributed by atoms with Gasteiger partial charge in [0.15, 0.2) is 0 Å². The number of alkyl halides is 6. The topological polar surface area (TPSA) is 231 Å². The van der Waals surface area contributed by atoms with Gasteiger partial charge in [-0.25, -0.2) is 0 Å². The van der Waals surface area contributed by atoms with Crippen molar-refractivity contribution in [2.45, 2.75) is 59.3 Å². The Morgan fingerprint density at radius 1 is 0.404 bits per heavy atom. The van der Waals surface area contributed by atoms with E-state index in [-0.39, 0.29) is 90.1 Å². The highest BCUT2D eigenvalue weighted by Gasteiger charge is 2.39. The molecule has 19 nitrogen and oxygen atoms in total. The second-order valence-corrected chi connectivity index (χ2v) is 21.7. The maximum Gasteiger partial charge on any atom is 0.471 e. The van der Waals surface area contributed by atoms with Crippen molar-refractivity contribution in [1.82, 2.24) is 24.7 Å². The highest BCUT2D eigenvalue weighted by molar-refractivity contribution is 14.1. The van der Waals surface area contributed by atoms with Crippen molar-refractivity contribution in [1.29, 1.82) is 0 Å². The molecule has 0 aliphatic heterocycles. The Hall–Kier alpha value is -8.49. The van der Waals surface area contributed by atoms with E-state index in [1.54, 1.807) is 109 Å². The summed E-state index contributed by atoms with van der Waals surface area (Å²) in [6.45, 7) is 2.82. The van der Waals surface area contributed by atoms with E-state index in [0.29, 0.717) is 56.4 Å². The molecule has 0 unspecified atom stereocenters. The van der Waals surface area contributed by atoms with Crippen LogP contribution in [0.25, 0.3) is 0 Å². The molecular formula is C62H57F6I2N9O10. The molecule has 2 heterocycles. The van der Waals surface area contributed by atoms with Crippen LogP contribution in [0.2, 0.25) is 0 Å². The summed E-state index contributed by atoms with van der Waals surface area (Å²) in [6.07, 6.45) is -10.2. The zero-order valence-corrected chi connectivity index (χ0v) is 52.2. The van der Waals surface area contributed by atoms with Crippen LogP contribution in [0.1, 0.15) is 65.8 Å². The first kappa shape index (κ1) is 69.6. The molecule has 27 heteroatoms. The largest absolute Gasteiger partial charge is 0.471 e. The van der Waals surface area contributed by atoms with Crippen LogP contribution in [0.15, 0.2) is 121 Å². The third kappa shape index (κ3) is 24.9. The Labute approximate surface area is 535 Å². The van der Waals surface area contributed by atoms with Crippen LogP contribution in [0, 0.1) is 30.8 Å². The number of benzene rings is 4. The van der Waals surface area contributed by atoms with Crippen LogP contribution in [0.3, 0.4) is 0 Å². The average Bonchev–Trinajstić information content (AvgIpc) is 2.69. The minimum absolute atomic E-state index is 0.0138. The number of hydrogen-bond acceptors (Lipinski definition) is 15. The fourth-order valence-corrected chi connectivity index (χ4v) is 8.91. The molecule has 0 fully saturated rings. The number of ether oxygens (including phenoxy) is 3. The molecule has 2 aromatic heterocycles. The number of anilines is 4. The molecule has 4 N–H and O–H groups in total. The van der Waals surface area contributed by atoms with Gasteiger partial charge in [-0.2, -0.15) is 26.3 Å². The minimum Gasteiger partial charge on any atom is -0.465 e. The van der Waals surface area contributed by atoms with E-state index in [0.717, 1.165) is 7.14 Å². The van der Waals surface area contributed by atoms with Gasteiger partial charge in [-0.05, 0) is 187 Å². The van der Waals surface area contributed by atoms with Gasteiger partial charge in [0.05, 0.1) is 75.3 Å². The lowest BCUT2D eigenvalue weighted by Crippen LogP contribution is -2.37. The summed E-state index contributed by atoms with van der Waals surface area (Å²) in [5.74, 6) is 4.80. The number of halogens is 8. The molecule has 89 heavy (non-hydrogen) atoms. The van der Waals surface area contributed by atoms with Crippen molar-refractivity contribution in [3.63, 3.8) is 0 Å². The molecule has 0 saturated heterocycles. The standard InChI is InChI=1S/C62H57F6I2N9O10/c1-4-87-56(82)37-77(31-50-27-42(9-7-40-11-19-48(20-12-40)75-59(85)61(63,64)65)29-52(71-50)33-78(38-57(83)88-5-2)35-54(80)73-46-23-15-44(69)16-24-46)32-51-28-43(10-8-41-13-21-49(22-14-41)76-60(86)62(66,67)68)30-53(72-51)34-79(39-58(84)89-6-3)36-55(81)74-47-25-17-45(70)18-26-47/h11-30H,4-6,31-39H2,1-3H3,(H,73,80)(H,74,81)(H,75,85)(H,76,86). The Bertz CT molecular complexity index is 3390. The smallest absolute Gasteiger partial charge is 0.465 e. The predicted octanol–water partition coefficient (Wildman–Crippen LogP) is 9.06. The molecule has 6 aromatic rings. The maximum atomic E-state index is 13.5. The number of hydrogen-bond donors (Lipinski definition) is 4. The minimum atomic E-state index is -5.12. The average molecular weight is 1460 g/mol. The number of nitrogens with one attached hydrogen (secondary N) is 4. The molecule has 4 amide bonds. The number of aromatic nitrogens is 2. The molecule has 0 aliphatic carbocycles. The quantitative estimate of drug-likeness (QED) is 0.0138. The summed E-state index contributed by atoms with van der Waals surface area (Å²) in [7, 11) is 0. The van der Waals surface area contributed by atoms with Gasteiger partial charge < -0.3 is 35.5 Å². The Balaban J connectivity index is 1.41. The van der Waals surface area contributed by atoms with Gasteiger partial charge in [-0.15, -0.1) is 0 Å². The lowest BCUT2D eigenvalue weighted by molar-refractivity contribution is -0.167. The van der Waals surface area contributed by atoms with Crippen molar-refractivity contribution < 1.29 is 74.1 Å². The lowest BCUT2D eigenvalue weighted by Gasteiger charge is -2.24. The van der Waals surface area contributed by atoms with Crippen LogP contribution >= 0.6 is 45.2 Å². The summed E-state index contributed by atoms with van der Waals surface area (Å²) in [5, 5.41) is 9.20. The zero-order valence-electron chi connectivity index (χ0n) is 47.9. The molecule has 0 radical (unpaired) electrons. The normalized spacial score (nSPS) is 11.2. The van der Waals surface area contributed by atoms with Crippen molar-refractivity contribution >= 4 is 109 Å². The van der Waals surface area contributed by atoms with Crippen molar-refractivity contribution in [3.8, 4) is 23.7 Å². The van der Waals surface area contributed by atoms with E-state index in [1.165, 1.54) is 58.3 Å². The van der Waals surface area contributed by atoms with Gasteiger partial charge in [-0.1, -0.05) is 23.7 Å². The monoisotopic (exact) mass is 1460 g/mol. The number of amides is 4. The summed E-state index contributed by atoms with van der Waals surface area (Å²) in [4.78, 5) is 104. The van der Waals surface area contributed by atoms with Gasteiger partial charge in [0, 0.05) is 78.3 Å². The van der Waals surface area contributed by atoms with Crippen LogP contribution in [-0.4, -0.2) is 131 Å². The number of esters is 3. The Morgan fingerprint density at radius 2 is 0.674 bits per heavy atom. The van der Waals surface area contributed by atoms with E-state index >= 15 is 0 Å². The Morgan fingerprint density at radius 3 is 0.978 bits per heavy atom. The molecule has 0 bridgehead atoms. The van der Waals surface area contributed by atoms with Gasteiger partial charge in [0.1, 0.15) is 0 Å². The third-order valence-corrected chi connectivity index (χ3v) is 13.3. The third-order valence-electron chi connectivity index (χ3n) is 11.9. The predicted molar refractivity (Wildman–Crippen MR) is 333 cm³/mol. The van der Waals surface area contributed by atoms with E-state index < -0.39 is 53.9 Å². The summed E-state index contributed by atoms with van der Waals surface area (Å²) in [6, 6.07) is 31.0. The molecule has 466 valence electrons. The first-order chi connectivity index (χ1) is 42.3. The number of carbonyl (C=O) groups excluding carboxylic acids is 7. The van der Waals surface area contributed by atoms with Crippen LogP contribution in [0.5, 0.6) is 0 Å². The molecule has 4 aromatic carbocycles. The zero-order chi connectivity index (χ0) is 64.7. The van der Waals surface area contributed by atoms with Gasteiger partial charge in [0.25, 0.3) is 0 Å². The second kappa shape index (κ2) is 33.7. The SMILES string of the molecule is CCOC(=O)CN(CC(=O)Nc1ccc(I)cc1)Cc1cc(C#Cc2ccc(NC(=O)C(F)(F)F)cc2)cc(CN(CC(=O)OCC)Cc2cc(C#Cc3ccc(NC(=O)C(F)(F)F)cc3)cc(CN(CC(=O)Nc3ccc(I)cc3)CC(=O)OCC)n2)n1. The van der Waals surface area contributed by atoms with Crippen LogP contribution in [-0.2, 0) is 74.0 Å². The molecule has 0 aliphatic rings. The summed E-state index contributed by atoms with van der Waals surface area (Å²) < 4.78 is 95.8. The van der Waals surface area contributed by atoms with Crippen molar-refractivity contribution in [2.75, 3.05) is 73.8 Å². The number of pyridine rings is 2. The maximum absolute atomic E-state index is 13.5. The number of rotatable bonds is 25. The number of nitrogens with zero attached hydrogens (tertiary/aromatic N) is 5. The van der Waals surface area contributed by atoms with E-state index in [2.05, 4.69) is 79.5 Å². The van der Waals surface area contributed by atoms with E-state index in [4.69, 9.17) is 24.2 Å². The lowest BCUT2D eigenvalue weighted by atomic mass is 10.1. The highest BCUT2D eigenvalue weighted by Crippen LogP contribution is 2.22. The highest BCUT2D eigenvalue weighted by atomic mass is 127. The fourth-order valence-electron chi connectivity index (χ4n) is 8.19. The van der Waals surface area contributed by atoms with Gasteiger partial charge in [-0.3, -0.25) is 58.2 Å². The molecule has 6 rings (SSSR count). The first-order valence-electron chi connectivity index (χ1n) is 27.1. The molecule has 0 atom stereocenters. The molecule has 0 saturated carbocycles. The fraction of sp³-hybridized carbons (Fsp3) is 0.274.